The quantitative estimate of drug-likeness (QED) is 0.0507. The molecule has 2 aliphatic rings. The van der Waals surface area contributed by atoms with Crippen molar-refractivity contribution in [2.45, 2.75) is 6.92 Å². The van der Waals surface area contributed by atoms with Crippen molar-refractivity contribution >= 4 is 121 Å². The molecule has 1 radical (unpaired) electrons. The number of rotatable bonds is 16. The molecule has 0 saturated carbocycles. The van der Waals surface area contributed by atoms with E-state index in [0.29, 0.717) is 22.1 Å². The van der Waals surface area contributed by atoms with Gasteiger partial charge in [-0.3, -0.25) is 24.0 Å². The number of aryl methyl sites for hydroxylation is 1. The number of carbonyl (C=O) groups is 4. The van der Waals surface area contributed by atoms with E-state index in [1.165, 1.54) is 42.5 Å². The van der Waals surface area contributed by atoms with Crippen LogP contribution in [0, 0.1) is 6.92 Å². The molecular formula is C36H30Cl2KN2O13. The maximum Gasteiger partial charge on any atom is 0.323 e. The maximum absolute atomic E-state index is 12.5. The number of hydrogen-bond donors (Lipinski definition) is 5. The van der Waals surface area contributed by atoms with Gasteiger partial charge >= 0.3 is 23.9 Å². The third-order valence-electron chi connectivity index (χ3n) is 7.79. The van der Waals surface area contributed by atoms with E-state index in [1.807, 2.05) is 0 Å². The molecule has 1 aliphatic carbocycles. The predicted octanol–water partition coefficient (Wildman–Crippen LogP) is 4.91. The van der Waals surface area contributed by atoms with Crippen LogP contribution in [0.5, 0.6) is 17.2 Å². The Morgan fingerprint density at radius 3 is 1.76 bits per heavy atom. The standard InChI is InChI=1S/C36H30Cl2N2O13.K/c1-18-2-4-24(39(14-32(43)44)15-33(45)46)30(8-18)51-6-7-52-31-9-19(3-5-25(31)40(16-34(47)48)17-35(49)50)36-20-10-22(37)26(41)12-28(20)53-29-13-27(42)23(38)11-21(29)36;/h2-5,8-13,41H,6-7,14-17H2,1H3,(H,43,44)(H,45,46)(H,47,48)(H,49,50);. The number of ether oxygens (including phenoxy) is 2. The molecule has 0 atom stereocenters. The summed E-state index contributed by atoms with van der Waals surface area (Å²) < 4.78 is 18.0. The molecule has 0 bridgehead atoms. The van der Waals surface area contributed by atoms with Gasteiger partial charge in [0.2, 0.25) is 5.43 Å². The zero-order valence-corrected chi connectivity index (χ0v) is 33.3. The van der Waals surface area contributed by atoms with Crippen molar-refractivity contribution in [3.63, 3.8) is 0 Å². The Labute approximate surface area is 358 Å². The number of fused-ring (bicyclic) bond motifs is 2. The van der Waals surface area contributed by atoms with Crippen molar-refractivity contribution in [3.8, 4) is 39.7 Å². The summed E-state index contributed by atoms with van der Waals surface area (Å²) in [4.78, 5) is 61.2. The molecular weight excluding hydrogens is 778 g/mol. The monoisotopic (exact) mass is 807 g/mol. The summed E-state index contributed by atoms with van der Waals surface area (Å²) >= 11 is 12.5. The molecule has 0 amide bonds. The van der Waals surface area contributed by atoms with E-state index >= 15 is 0 Å². The van der Waals surface area contributed by atoms with Gasteiger partial charge in [0.15, 0.2) is 0 Å². The second-order valence-electron chi connectivity index (χ2n) is 11.7. The summed E-state index contributed by atoms with van der Waals surface area (Å²) in [7, 11) is 0. The zero-order valence-electron chi connectivity index (χ0n) is 28.7. The number of phenolic OH excluding ortho intramolecular Hbond substituents is 1. The fourth-order valence-electron chi connectivity index (χ4n) is 5.67. The van der Waals surface area contributed by atoms with Gasteiger partial charge in [-0.15, -0.1) is 0 Å². The SMILES string of the molecule is Cc1ccc(N(CC(=O)O)CC(=O)O)c(OCCOc2cc(-c3c4cc(Cl)c(=O)cc-4oc4cc(O)c(Cl)cc34)ccc2N(CC(=O)O)CC(=O)O)c1.[K]. The van der Waals surface area contributed by atoms with Gasteiger partial charge in [0, 0.05) is 80.0 Å². The topological polar surface area (TPSA) is 225 Å². The van der Waals surface area contributed by atoms with Crippen LogP contribution in [0.2, 0.25) is 10.0 Å². The van der Waals surface area contributed by atoms with Crippen molar-refractivity contribution in [2.24, 2.45) is 0 Å². The number of carboxylic acids is 4. The smallest absolute Gasteiger partial charge is 0.323 e. The average molecular weight is 809 g/mol. The minimum atomic E-state index is -1.32. The number of aliphatic carboxylic acids is 4. The van der Waals surface area contributed by atoms with Crippen molar-refractivity contribution in [2.75, 3.05) is 49.2 Å². The molecule has 3 aromatic rings. The molecule has 1 heterocycles. The first-order chi connectivity index (χ1) is 25.1. The summed E-state index contributed by atoms with van der Waals surface area (Å²) in [5.41, 5.74) is 1.88. The van der Waals surface area contributed by atoms with E-state index in [0.717, 1.165) is 15.4 Å². The summed E-state index contributed by atoms with van der Waals surface area (Å²) in [5.74, 6) is -5.12. The molecule has 0 unspecified atom stereocenters. The molecule has 5 N–H and O–H groups in total. The zero-order chi connectivity index (χ0) is 38.6. The summed E-state index contributed by atoms with van der Waals surface area (Å²) in [6.07, 6.45) is 0. The molecule has 18 heteroatoms. The van der Waals surface area contributed by atoms with Crippen LogP contribution in [0.25, 0.3) is 33.4 Å². The van der Waals surface area contributed by atoms with E-state index in [4.69, 9.17) is 37.1 Å². The number of carboxylic acid groups (broad SMARTS) is 4. The Morgan fingerprint density at radius 1 is 0.704 bits per heavy atom. The van der Waals surface area contributed by atoms with Crippen LogP contribution in [0.4, 0.5) is 11.4 Å². The van der Waals surface area contributed by atoms with E-state index in [2.05, 4.69) is 0 Å². The molecule has 0 spiro atoms. The number of hydrogen-bond acceptors (Lipinski definition) is 11. The van der Waals surface area contributed by atoms with Crippen LogP contribution in [0.1, 0.15) is 5.56 Å². The maximum atomic E-state index is 12.5. The first-order valence-electron chi connectivity index (χ1n) is 15.6. The van der Waals surface area contributed by atoms with Gasteiger partial charge in [-0.2, -0.15) is 0 Å². The fraction of sp³-hybridized carbons (Fsp3) is 0.194. The molecule has 0 aromatic heterocycles. The first kappa shape index (κ1) is 42.2. The second kappa shape index (κ2) is 18.2. The number of halogens is 2. The average Bonchev–Trinajstić information content (AvgIpc) is 3.06. The largest absolute Gasteiger partial charge is 0.506 e. The van der Waals surface area contributed by atoms with Crippen molar-refractivity contribution in [1.82, 2.24) is 0 Å². The van der Waals surface area contributed by atoms with Crippen LogP contribution in [0.3, 0.4) is 0 Å². The number of anilines is 2. The van der Waals surface area contributed by atoms with Crippen LogP contribution >= 0.6 is 23.2 Å². The number of nitrogens with zero attached hydrogens (tertiary/aromatic N) is 2. The van der Waals surface area contributed by atoms with Crippen LogP contribution < -0.4 is 24.7 Å². The summed E-state index contributed by atoms with van der Waals surface area (Å²) in [5, 5.41) is 48.5. The van der Waals surface area contributed by atoms with Crippen molar-refractivity contribution in [1.29, 1.82) is 0 Å². The van der Waals surface area contributed by atoms with Crippen LogP contribution in [-0.4, -0.2) is 140 Å². The van der Waals surface area contributed by atoms with Gasteiger partial charge in [0.25, 0.3) is 0 Å². The summed E-state index contributed by atoms with van der Waals surface area (Å²) in [6, 6.07) is 14.6. The second-order valence-corrected chi connectivity index (χ2v) is 12.5. The molecule has 5 rings (SSSR count). The Balaban J connectivity index is 0.00000650. The molecule has 0 saturated heterocycles. The molecule has 15 nitrogen and oxygen atoms in total. The first-order valence-corrected chi connectivity index (χ1v) is 16.3. The predicted molar refractivity (Wildman–Crippen MR) is 199 cm³/mol. The van der Waals surface area contributed by atoms with Gasteiger partial charge in [-0.25, -0.2) is 0 Å². The van der Waals surface area contributed by atoms with E-state index in [-0.39, 0.29) is 115 Å². The van der Waals surface area contributed by atoms with Gasteiger partial charge < -0.3 is 49.2 Å². The van der Waals surface area contributed by atoms with Gasteiger partial charge in [0.1, 0.15) is 68.0 Å². The van der Waals surface area contributed by atoms with Gasteiger partial charge in [0.05, 0.1) is 21.4 Å². The van der Waals surface area contributed by atoms with Crippen LogP contribution in [0.15, 0.2) is 69.9 Å². The van der Waals surface area contributed by atoms with Crippen LogP contribution in [-0.2, 0) is 19.2 Å². The van der Waals surface area contributed by atoms with E-state index in [9.17, 15) is 49.5 Å². The third kappa shape index (κ3) is 10.1. The molecule has 1 aliphatic heterocycles. The molecule has 3 aromatic carbocycles. The van der Waals surface area contributed by atoms with Gasteiger partial charge in [-0.1, -0.05) is 35.3 Å². The Bertz CT molecular complexity index is 2250. The fourth-order valence-corrected chi connectivity index (χ4v) is 5.99. The summed E-state index contributed by atoms with van der Waals surface area (Å²) in [6.45, 7) is -1.30. The third-order valence-corrected chi connectivity index (χ3v) is 8.39. The van der Waals surface area contributed by atoms with Crippen molar-refractivity contribution < 1.29 is 58.6 Å². The Hall–Kier alpha value is -4.55. The number of phenols is 1. The minimum Gasteiger partial charge on any atom is -0.506 e. The van der Waals surface area contributed by atoms with Gasteiger partial charge in [-0.05, 0) is 54.4 Å². The molecule has 54 heavy (non-hydrogen) atoms. The van der Waals surface area contributed by atoms with E-state index in [1.54, 1.807) is 25.1 Å². The normalized spacial score (nSPS) is 10.8. The van der Waals surface area contributed by atoms with E-state index < -0.39 is 55.5 Å². The Morgan fingerprint density at radius 2 is 1.22 bits per heavy atom. The number of benzene rings is 4. The number of aromatic hydroxyl groups is 1. The minimum absolute atomic E-state index is 0. The Kier molecular flexibility index (Phi) is 14.2. The molecule has 277 valence electrons. The molecule has 0 fully saturated rings. The van der Waals surface area contributed by atoms with Crippen molar-refractivity contribution in [3.05, 3.63) is 86.5 Å².